The molecule has 1 aliphatic rings. The third-order valence-electron chi connectivity index (χ3n) is 4.12. The van der Waals surface area contributed by atoms with Crippen LogP contribution in [0.4, 0.5) is 0 Å². The average Bonchev–Trinajstić information content (AvgIpc) is 2.62. The van der Waals surface area contributed by atoms with Crippen LogP contribution in [0.5, 0.6) is 0 Å². The molecule has 0 spiro atoms. The van der Waals surface area contributed by atoms with Crippen molar-refractivity contribution in [2.24, 2.45) is 5.92 Å². The predicted molar refractivity (Wildman–Crippen MR) is 86.8 cm³/mol. The smallest absolute Gasteiger partial charge is 0.339 e. The summed E-state index contributed by atoms with van der Waals surface area (Å²) in [4.78, 5) is 14.4. The molecule has 1 aromatic carbocycles. The highest BCUT2D eigenvalue weighted by Crippen LogP contribution is 2.19. The lowest BCUT2D eigenvalue weighted by Crippen LogP contribution is -2.37. The summed E-state index contributed by atoms with van der Waals surface area (Å²) >= 11 is 0. The Morgan fingerprint density at radius 3 is 2.87 bits per heavy atom. The highest BCUT2D eigenvalue weighted by atomic mass is 16.5. The molecule has 2 aromatic rings. The van der Waals surface area contributed by atoms with Crippen LogP contribution in [-0.4, -0.2) is 40.8 Å². The zero-order valence-corrected chi connectivity index (χ0v) is 13.1. The molecule has 1 aliphatic heterocycles. The van der Waals surface area contributed by atoms with Crippen molar-refractivity contribution in [3.63, 3.8) is 0 Å². The monoisotopic (exact) mass is 311 g/mol. The van der Waals surface area contributed by atoms with Crippen LogP contribution < -0.4 is 0 Å². The molecule has 1 fully saturated rings. The fraction of sp³-hybridized carbons (Fsp3) is 0.389. The van der Waals surface area contributed by atoms with E-state index in [1.54, 1.807) is 6.07 Å². The fourth-order valence-corrected chi connectivity index (χ4v) is 2.96. The van der Waals surface area contributed by atoms with E-state index in [1.165, 1.54) is 18.0 Å². The van der Waals surface area contributed by atoms with E-state index >= 15 is 0 Å². The second-order valence-electron chi connectivity index (χ2n) is 5.96. The topological polar surface area (TPSA) is 55.3 Å². The number of likely N-dealkylation sites (tertiary alicyclic amines) is 1. The summed E-state index contributed by atoms with van der Waals surface area (Å²) in [6.07, 6.45) is 5.18. The first-order valence-electron chi connectivity index (χ1n) is 8.01. The van der Waals surface area contributed by atoms with Gasteiger partial charge in [-0.2, -0.15) is 10.2 Å². The van der Waals surface area contributed by atoms with Gasteiger partial charge in [0.2, 0.25) is 0 Å². The third kappa shape index (κ3) is 4.60. The first kappa shape index (κ1) is 15.6. The van der Waals surface area contributed by atoms with E-state index in [1.807, 2.05) is 6.07 Å². The van der Waals surface area contributed by atoms with Gasteiger partial charge in [-0.15, -0.1) is 0 Å². The number of hydrogen-bond acceptors (Lipinski definition) is 5. The van der Waals surface area contributed by atoms with Gasteiger partial charge < -0.3 is 4.74 Å². The van der Waals surface area contributed by atoms with Crippen LogP contribution >= 0.6 is 0 Å². The first-order chi connectivity index (χ1) is 11.3. The summed E-state index contributed by atoms with van der Waals surface area (Å²) in [6.45, 7) is 3.50. The molecule has 5 heteroatoms. The van der Waals surface area contributed by atoms with Gasteiger partial charge in [-0.1, -0.05) is 30.3 Å². The molecule has 5 nitrogen and oxygen atoms in total. The standard InChI is InChI=1S/C18H21N3O2/c22-18(17-8-9-19-20-11-17)23-14-16-7-4-10-21(13-16)12-15-5-2-1-3-6-15/h1-3,5-6,8-9,11,16H,4,7,10,12-14H2. The molecular formula is C18H21N3O2. The van der Waals surface area contributed by atoms with E-state index < -0.39 is 0 Å². The summed E-state index contributed by atoms with van der Waals surface area (Å²) in [5, 5.41) is 7.36. The van der Waals surface area contributed by atoms with Crippen LogP contribution in [0.2, 0.25) is 0 Å². The fourth-order valence-electron chi connectivity index (χ4n) is 2.96. The van der Waals surface area contributed by atoms with Crippen molar-refractivity contribution >= 4 is 5.97 Å². The van der Waals surface area contributed by atoms with E-state index in [0.717, 1.165) is 32.5 Å². The number of carbonyl (C=O) groups is 1. The summed E-state index contributed by atoms with van der Waals surface area (Å²) in [7, 11) is 0. The Bertz CT molecular complexity index is 619. The maximum Gasteiger partial charge on any atom is 0.339 e. The number of ether oxygens (including phenoxy) is 1. The lowest BCUT2D eigenvalue weighted by molar-refractivity contribution is 0.0347. The minimum Gasteiger partial charge on any atom is -0.462 e. The second kappa shape index (κ2) is 7.83. The predicted octanol–water partition coefficient (Wildman–Crippen LogP) is 2.55. The van der Waals surface area contributed by atoms with Gasteiger partial charge in [0.25, 0.3) is 0 Å². The minimum absolute atomic E-state index is 0.319. The Morgan fingerprint density at radius 1 is 1.22 bits per heavy atom. The number of benzene rings is 1. The van der Waals surface area contributed by atoms with E-state index in [0.29, 0.717) is 18.1 Å². The highest BCUT2D eigenvalue weighted by Gasteiger charge is 2.21. The first-order valence-corrected chi connectivity index (χ1v) is 8.01. The van der Waals surface area contributed by atoms with Crippen molar-refractivity contribution in [2.45, 2.75) is 19.4 Å². The number of esters is 1. The van der Waals surface area contributed by atoms with Gasteiger partial charge in [0.05, 0.1) is 24.6 Å². The Balaban J connectivity index is 1.48. The van der Waals surface area contributed by atoms with Crippen LogP contribution in [0.15, 0.2) is 48.8 Å². The van der Waals surface area contributed by atoms with Gasteiger partial charge in [-0.3, -0.25) is 4.90 Å². The molecule has 0 bridgehead atoms. The van der Waals surface area contributed by atoms with Gasteiger partial charge in [-0.25, -0.2) is 4.79 Å². The van der Waals surface area contributed by atoms with E-state index in [4.69, 9.17) is 4.74 Å². The Labute approximate surface area is 136 Å². The molecule has 0 saturated carbocycles. The van der Waals surface area contributed by atoms with Crippen molar-refractivity contribution in [3.05, 3.63) is 59.9 Å². The second-order valence-corrected chi connectivity index (χ2v) is 5.96. The molecule has 2 heterocycles. The van der Waals surface area contributed by atoms with E-state index in [2.05, 4.69) is 39.4 Å². The lowest BCUT2D eigenvalue weighted by atomic mass is 9.98. The number of rotatable bonds is 5. The van der Waals surface area contributed by atoms with Crippen molar-refractivity contribution < 1.29 is 9.53 Å². The third-order valence-corrected chi connectivity index (χ3v) is 4.12. The molecular weight excluding hydrogens is 290 g/mol. The van der Waals surface area contributed by atoms with Crippen LogP contribution in [0.1, 0.15) is 28.8 Å². The minimum atomic E-state index is -0.319. The molecule has 1 saturated heterocycles. The molecule has 1 atom stereocenters. The molecule has 0 amide bonds. The SMILES string of the molecule is O=C(OCC1CCCN(Cc2ccccc2)C1)c1ccnnc1. The van der Waals surface area contributed by atoms with Crippen LogP contribution in [0.25, 0.3) is 0 Å². The summed E-state index contributed by atoms with van der Waals surface area (Å²) < 4.78 is 5.43. The molecule has 0 N–H and O–H groups in total. The number of carbonyl (C=O) groups excluding carboxylic acids is 1. The molecule has 1 aromatic heterocycles. The Morgan fingerprint density at radius 2 is 2.09 bits per heavy atom. The van der Waals surface area contributed by atoms with Crippen molar-refractivity contribution in [1.29, 1.82) is 0 Å². The van der Waals surface area contributed by atoms with Gasteiger partial charge >= 0.3 is 5.97 Å². The summed E-state index contributed by atoms with van der Waals surface area (Å²) in [5.41, 5.74) is 1.78. The maximum absolute atomic E-state index is 12.0. The van der Waals surface area contributed by atoms with Gasteiger partial charge in [0.15, 0.2) is 0 Å². The van der Waals surface area contributed by atoms with E-state index in [-0.39, 0.29) is 5.97 Å². The van der Waals surface area contributed by atoms with Crippen molar-refractivity contribution in [1.82, 2.24) is 15.1 Å². The van der Waals surface area contributed by atoms with Crippen LogP contribution in [-0.2, 0) is 11.3 Å². The molecule has 120 valence electrons. The van der Waals surface area contributed by atoms with E-state index in [9.17, 15) is 4.79 Å². The number of hydrogen-bond donors (Lipinski definition) is 0. The lowest BCUT2D eigenvalue weighted by Gasteiger charge is -2.32. The number of nitrogens with zero attached hydrogens (tertiary/aromatic N) is 3. The molecule has 0 radical (unpaired) electrons. The summed E-state index contributed by atoms with van der Waals surface area (Å²) in [5.74, 6) is 0.0753. The van der Waals surface area contributed by atoms with Crippen LogP contribution in [0.3, 0.4) is 0 Å². The number of piperidine rings is 1. The molecule has 1 unspecified atom stereocenters. The van der Waals surface area contributed by atoms with Crippen LogP contribution in [0, 0.1) is 5.92 Å². The van der Waals surface area contributed by atoms with Gasteiger partial charge in [0.1, 0.15) is 0 Å². The Kier molecular flexibility index (Phi) is 5.32. The molecule has 0 aliphatic carbocycles. The number of aromatic nitrogens is 2. The Hall–Kier alpha value is -2.27. The molecule has 23 heavy (non-hydrogen) atoms. The highest BCUT2D eigenvalue weighted by molar-refractivity contribution is 5.88. The van der Waals surface area contributed by atoms with Gasteiger partial charge in [0, 0.05) is 19.0 Å². The average molecular weight is 311 g/mol. The van der Waals surface area contributed by atoms with Gasteiger partial charge in [-0.05, 0) is 31.0 Å². The zero-order chi connectivity index (χ0) is 15.9. The van der Waals surface area contributed by atoms with Crippen molar-refractivity contribution in [3.8, 4) is 0 Å². The largest absolute Gasteiger partial charge is 0.462 e. The molecule has 3 rings (SSSR count). The quantitative estimate of drug-likeness (QED) is 0.794. The normalized spacial score (nSPS) is 18.5. The summed E-state index contributed by atoms with van der Waals surface area (Å²) in [6, 6.07) is 12.1. The maximum atomic E-state index is 12.0. The van der Waals surface area contributed by atoms with Crippen molar-refractivity contribution in [2.75, 3.05) is 19.7 Å². The zero-order valence-electron chi connectivity index (χ0n) is 13.1.